The lowest BCUT2D eigenvalue weighted by molar-refractivity contribution is 0.265. The maximum absolute atomic E-state index is 3.50. The number of likely N-dealkylation sites (tertiary alicyclic amines) is 1. The zero-order chi connectivity index (χ0) is 14.0. The third-order valence-electron chi connectivity index (χ3n) is 4.36. The molecule has 19 heavy (non-hydrogen) atoms. The molecule has 2 heteroatoms. The highest BCUT2D eigenvalue weighted by atomic mass is 15.2. The van der Waals surface area contributed by atoms with Crippen molar-refractivity contribution >= 4 is 0 Å². The first kappa shape index (κ1) is 14.5. The second-order valence-electron chi connectivity index (χ2n) is 6.85. The molecule has 2 nitrogen and oxygen atoms in total. The molecule has 1 N–H and O–H groups in total. The van der Waals surface area contributed by atoms with Gasteiger partial charge in [-0.05, 0) is 50.4 Å². The number of aryl methyl sites for hydroxylation is 2. The van der Waals surface area contributed by atoms with Crippen LogP contribution in [0.1, 0.15) is 43.0 Å². The van der Waals surface area contributed by atoms with Crippen molar-refractivity contribution in [1.82, 2.24) is 10.2 Å². The molecule has 0 aromatic heterocycles. The summed E-state index contributed by atoms with van der Waals surface area (Å²) in [5, 5.41) is 3.50. The second-order valence-corrected chi connectivity index (χ2v) is 6.85. The number of nitrogens with one attached hydrogen (secondary N) is 1. The van der Waals surface area contributed by atoms with Crippen molar-refractivity contribution in [1.29, 1.82) is 0 Å². The predicted octanol–water partition coefficient (Wildman–Crippen LogP) is 3.30. The Balaban J connectivity index is 2.10. The molecule has 1 heterocycles. The fourth-order valence-corrected chi connectivity index (χ4v) is 3.12. The minimum Gasteiger partial charge on any atom is -0.312 e. The zero-order valence-corrected chi connectivity index (χ0v) is 13.1. The van der Waals surface area contributed by atoms with Gasteiger partial charge in [-0.3, -0.25) is 0 Å². The highest BCUT2D eigenvalue weighted by Gasteiger charge is 2.30. The third kappa shape index (κ3) is 3.58. The number of benzene rings is 1. The summed E-state index contributed by atoms with van der Waals surface area (Å²) in [6, 6.07) is 7.21. The summed E-state index contributed by atoms with van der Waals surface area (Å²) < 4.78 is 0. The number of hydrogen-bond donors (Lipinski definition) is 1. The van der Waals surface area contributed by atoms with Gasteiger partial charge >= 0.3 is 0 Å². The van der Waals surface area contributed by atoms with Crippen LogP contribution in [-0.4, -0.2) is 31.6 Å². The van der Waals surface area contributed by atoms with Gasteiger partial charge in [0.25, 0.3) is 0 Å². The van der Waals surface area contributed by atoms with Gasteiger partial charge in [-0.1, -0.05) is 37.6 Å². The standard InChI is InChI=1S/C17H28N2/c1-13-6-7-14(2)15(10-13)16(18-5)11-19-9-8-17(3,4)12-19/h6-7,10,16,18H,8-9,11-12H2,1-5H3. The number of rotatable bonds is 4. The summed E-state index contributed by atoms with van der Waals surface area (Å²) in [7, 11) is 2.08. The first-order valence-corrected chi connectivity index (χ1v) is 7.38. The Morgan fingerprint density at radius 2 is 2.05 bits per heavy atom. The van der Waals surface area contributed by atoms with Crippen LogP contribution in [0.15, 0.2) is 18.2 Å². The molecule has 0 bridgehead atoms. The number of nitrogens with zero attached hydrogens (tertiary/aromatic N) is 1. The van der Waals surface area contributed by atoms with E-state index in [1.165, 1.54) is 36.2 Å². The van der Waals surface area contributed by atoms with Gasteiger partial charge in [-0.2, -0.15) is 0 Å². The van der Waals surface area contributed by atoms with E-state index in [1.807, 2.05) is 0 Å². The molecule has 0 saturated carbocycles. The van der Waals surface area contributed by atoms with Crippen molar-refractivity contribution in [2.45, 2.75) is 40.2 Å². The summed E-state index contributed by atoms with van der Waals surface area (Å²) >= 11 is 0. The molecule has 1 atom stereocenters. The molecule has 106 valence electrons. The average molecular weight is 260 g/mol. The van der Waals surface area contributed by atoms with Crippen LogP contribution < -0.4 is 5.32 Å². The van der Waals surface area contributed by atoms with E-state index in [1.54, 1.807) is 0 Å². The average Bonchev–Trinajstić information content (AvgIpc) is 2.69. The SMILES string of the molecule is CNC(CN1CCC(C)(C)C1)c1cc(C)ccc1C. The molecule has 1 fully saturated rings. The zero-order valence-electron chi connectivity index (χ0n) is 13.1. The molecule has 1 aliphatic heterocycles. The Labute approximate surface area is 118 Å². The van der Waals surface area contributed by atoms with E-state index < -0.39 is 0 Å². The summed E-state index contributed by atoms with van der Waals surface area (Å²) in [4.78, 5) is 2.60. The summed E-state index contributed by atoms with van der Waals surface area (Å²) in [5.41, 5.74) is 4.68. The quantitative estimate of drug-likeness (QED) is 0.893. The molecule has 1 unspecified atom stereocenters. The van der Waals surface area contributed by atoms with Crippen molar-refractivity contribution in [3.63, 3.8) is 0 Å². The van der Waals surface area contributed by atoms with Crippen molar-refractivity contribution in [2.24, 2.45) is 5.41 Å². The fourth-order valence-electron chi connectivity index (χ4n) is 3.12. The molecular weight excluding hydrogens is 232 g/mol. The maximum atomic E-state index is 3.50. The molecule has 2 rings (SSSR count). The highest BCUT2D eigenvalue weighted by Crippen LogP contribution is 2.30. The van der Waals surface area contributed by atoms with Crippen LogP contribution >= 0.6 is 0 Å². The van der Waals surface area contributed by atoms with Crippen LogP contribution in [0.5, 0.6) is 0 Å². The van der Waals surface area contributed by atoms with E-state index in [0.717, 1.165) is 6.54 Å². The molecule has 0 aliphatic carbocycles. The van der Waals surface area contributed by atoms with Gasteiger partial charge in [-0.25, -0.2) is 0 Å². The molecule has 1 aromatic rings. The smallest absolute Gasteiger partial charge is 0.0449 e. The van der Waals surface area contributed by atoms with Gasteiger partial charge in [0, 0.05) is 19.1 Å². The summed E-state index contributed by atoms with van der Waals surface area (Å²) in [6.45, 7) is 12.7. The lowest BCUT2D eigenvalue weighted by atomic mass is 9.93. The highest BCUT2D eigenvalue weighted by molar-refractivity contribution is 5.33. The molecule has 0 radical (unpaired) electrons. The van der Waals surface area contributed by atoms with Crippen molar-refractivity contribution in [3.05, 3.63) is 34.9 Å². The maximum Gasteiger partial charge on any atom is 0.0449 e. The van der Waals surface area contributed by atoms with Crippen LogP contribution in [-0.2, 0) is 0 Å². The Morgan fingerprint density at radius 1 is 1.32 bits per heavy atom. The molecule has 1 aromatic carbocycles. The topological polar surface area (TPSA) is 15.3 Å². The predicted molar refractivity (Wildman–Crippen MR) is 82.6 cm³/mol. The Hall–Kier alpha value is -0.860. The van der Waals surface area contributed by atoms with E-state index >= 15 is 0 Å². The van der Waals surface area contributed by atoms with Crippen molar-refractivity contribution in [3.8, 4) is 0 Å². The molecular formula is C17H28N2. The van der Waals surface area contributed by atoms with E-state index in [4.69, 9.17) is 0 Å². The monoisotopic (exact) mass is 260 g/mol. The summed E-state index contributed by atoms with van der Waals surface area (Å²) in [6.07, 6.45) is 1.32. The van der Waals surface area contributed by atoms with E-state index in [0.29, 0.717) is 11.5 Å². The van der Waals surface area contributed by atoms with Crippen molar-refractivity contribution in [2.75, 3.05) is 26.7 Å². The van der Waals surface area contributed by atoms with E-state index in [9.17, 15) is 0 Å². The largest absolute Gasteiger partial charge is 0.312 e. The number of likely N-dealkylation sites (N-methyl/N-ethyl adjacent to an activating group) is 1. The van der Waals surface area contributed by atoms with Gasteiger partial charge in [0.15, 0.2) is 0 Å². The minimum atomic E-state index is 0.439. The Kier molecular flexibility index (Phi) is 4.32. The first-order chi connectivity index (χ1) is 8.91. The molecule has 0 spiro atoms. The molecule has 0 amide bonds. The van der Waals surface area contributed by atoms with Crippen LogP contribution in [0.25, 0.3) is 0 Å². The van der Waals surface area contributed by atoms with Gasteiger partial charge in [0.1, 0.15) is 0 Å². The Bertz CT molecular complexity index is 437. The lowest BCUT2D eigenvalue weighted by Crippen LogP contribution is -2.33. The van der Waals surface area contributed by atoms with Gasteiger partial charge < -0.3 is 10.2 Å². The normalized spacial score (nSPS) is 20.7. The molecule has 1 aliphatic rings. The van der Waals surface area contributed by atoms with E-state index in [-0.39, 0.29) is 0 Å². The number of hydrogen-bond acceptors (Lipinski definition) is 2. The second kappa shape index (κ2) is 5.64. The fraction of sp³-hybridized carbons (Fsp3) is 0.647. The summed E-state index contributed by atoms with van der Waals surface area (Å²) in [5.74, 6) is 0. The van der Waals surface area contributed by atoms with Gasteiger partial charge in [0.2, 0.25) is 0 Å². The lowest BCUT2D eigenvalue weighted by Gasteiger charge is -2.26. The first-order valence-electron chi connectivity index (χ1n) is 7.38. The third-order valence-corrected chi connectivity index (χ3v) is 4.36. The van der Waals surface area contributed by atoms with Crippen molar-refractivity contribution < 1.29 is 0 Å². The van der Waals surface area contributed by atoms with Gasteiger partial charge in [0.05, 0.1) is 0 Å². The van der Waals surface area contributed by atoms with Crippen LogP contribution in [0, 0.1) is 19.3 Å². The minimum absolute atomic E-state index is 0.439. The van der Waals surface area contributed by atoms with E-state index in [2.05, 4.69) is 63.2 Å². The van der Waals surface area contributed by atoms with Crippen LogP contribution in [0.4, 0.5) is 0 Å². The van der Waals surface area contributed by atoms with Gasteiger partial charge in [-0.15, -0.1) is 0 Å². The van der Waals surface area contributed by atoms with Crippen LogP contribution in [0.2, 0.25) is 0 Å². The van der Waals surface area contributed by atoms with Crippen LogP contribution in [0.3, 0.4) is 0 Å². The molecule has 1 saturated heterocycles. The Morgan fingerprint density at radius 3 is 2.63 bits per heavy atom.